The minimum absolute atomic E-state index is 0.0286. The van der Waals surface area contributed by atoms with Crippen molar-refractivity contribution >= 4 is 19.8 Å². The van der Waals surface area contributed by atoms with Gasteiger partial charge in [-0.25, -0.2) is 4.57 Å². The second-order valence-corrected chi connectivity index (χ2v) is 17.9. The first-order valence-corrected chi connectivity index (χ1v) is 24.2. The number of carbonyl (C=O) groups is 2. The summed E-state index contributed by atoms with van der Waals surface area (Å²) >= 11 is 0. The number of carbonyl (C=O) groups excluding carboxylic acids is 2. The predicted molar refractivity (Wildman–Crippen MR) is 234 cm³/mol. The Bertz CT molecular complexity index is 1050. The van der Waals surface area contributed by atoms with Gasteiger partial charge in [0.2, 0.25) is 0 Å². The number of quaternary nitrogens is 1. The van der Waals surface area contributed by atoms with Gasteiger partial charge in [0, 0.05) is 12.8 Å². The summed E-state index contributed by atoms with van der Waals surface area (Å²) in [5, 5.41) is 0. The van der Waals surface area contributed by atoms with Gasteiger partial charge in [-0.15, -0.1) is 0 Å². The third-order valence-electron chi connectivity index (χ3n) is 9.64. The van der Waals surface area contributed by atoms with Crippen LogP contribution in [-0.2, 0) is 32.7 Å². The lowest BCUT2D eigenvalue weighted by Gasteiger charge is -2.24. The van der Waals surface area contributed by atoms with E-state index >= 15 is 0 Å². The Kier molecular flexibility index (Phi) is 37.5. The van der Waals surface area contributed by atoms with E-state index in [2.05, 4.69) is 50.3 Å². The lowest BCUT2D eigenvalue weighted by atomic mass is 10.1. The second kappa shape index (κ2) is 38.7. The Morgan fingerprint density at radius 3 is 1.46 bits per heavy atom. The van der Waals surface area contributed by atoms with Crippen LogP contribution in [0.2, 0.25) is 0 Å². The summed E-state index contributed by atoms with van der Waals surface area (Å²) < 4.78 is 34.3. The second-order valence-electron chi connectivity index (χ2n) is 16.4. The Morgan fingerprint density at radius 2 is 0.964 bits per heavy atom. The number of unbranched alkanes of at least 4 members (excludes halogenated alkanes) is 21. The van der Waals surface area contributed by atoms with Gasteiger partial charge < -0.3 is 18.9 Å². The van der Waals surface area contributed by atoms with Crippen LogP contribution in [0.5, 0.6) is 0 Å². The molecule has 0 spiro atoms. The summed E-state index contributed by atoms with van der Waals surface area (Å²) in [6.45, 7) is 4.38. The minimum atomic E-state index is -4.38. The molecule has 328 valence electrons. The van der Waals surface area contributed by atoms with Gasteiger partial charge in [-0.1, -0.05) is 147 Å². The summed E-state index contributed by atoms with van der Waals surface area (Å²) in [5.41, 5.74) is 0. The monoisotopic (exact) mass is 813 g/mol. The molecule has 0 heterocycles. The molecule has 0 aromatic heterocycles. The smallest absolute Gasteiger partial charge is 0.462 e. The summed E-state index contributed by atoms with van der Waals surface area (Å²) in [7, 11) is 1.47. The molecule has 0 amide bonds. The van der Waals surface area contributed by atoms with Crippen LogP contribution >= 0.6 is 7.82 Å². The standard InChI is InChI=1S/C46H86NO8P/c1-6-8-10-12-14-16-18-20-22-23-25-27-29-31-33-35-37-39-46(49)55-44(43-54-56(50,51)53-41-40-47(3,4)5)42-52-45(48)38-36-34-32-30-28-26-24-21-19-17-15-13-11-9-7-2/h14,16,20-22,24,44H,6-13,15,17-19,23,25-43H2,1-5H3/p+1/b16-14-,22-20-,24-21-. The molecule has 0 fully saturated rings. The molecule has 0 aliphatic rings. The molecule has 0 rings (SSSR count). The van der Waals surface area contributed by atoms with E-state index in [1.165, 1.54) is 89.9 Å². The minimum Gasteiger partial charge on any atom is -0.462 e. The molecule has 2 atom stereocenters. The van der Waals surface area contributed by atoms with Crippen molar-refractivity contribution in [1.82, 2.24) is 0 Å². The SMILES string of the molecule is CCCCC/C=C\C/C=C\CCCCCCCCCC(=O)OC(COC(=O)CCCCCCC/C=C\CCCCCCCC)COP(=O)(O)OCC[N+](C)(C)C. The highest BCUT2D eigenvalue weighted by Gasteiger charge is 2.27. The largest absolute Gasteiger partial charge is 0.472 e. The van der Waals surface area contributed by atoms with Gasteiger partial charge in [0.15, 0.2) is 6.10 Å². The fourth-order valence-electron chi connectivity index (χ4n) is 6.04. The molecule has 56 heavy (non-hydrogen) atoms. The van der Waals surface area contributed by atoms with Crippen molar-refractivity contribution in [1.29, 1.82) is 0 Å². The van der Waals surface area contributed by atoms with Gasteiger partial charge in [-0.05, 0) is 70.6 Å². The van der Waals surface area contributed by atoms with Crippen LogP contribution in [0.25, 0.3) is 0 Å². The number of phosphoric ester groups is 1. The Morgan fingerprint density at radius 1 is 0.554 bits per heavy atom. The van der Waals surface area contributed by atoms with Crippen molar-refractivity contribution in [2.75, 3.05) is 47.5 Å². The molecular formula is C46H87NO8P+. The van der Waals surface area contributed by atoms with Gasteiger partial charge in [0.1, 0.15) is 19.8 Å². The average molecular weight is 813 g/mol. The Hall–Kier alpha value is -1.77. The van der Waals surface area contributed by atoms with Gasteiger partial charge in [-0.2, -0.15) is 0 Å². The van der Waals surface area contributed by atoms with E-state index in [-0.39, 0.29) is 32.0 Å². The molecule has 0 aliphatic carbocycles. The van der Waals surface area contributed by atoms with Crippen LogP contribution < -0.4 is 0 Å². The van der Waals surface area contributed by atoms with E-state index in [0.717, 1.165) is 70.6 Å². The van der Waals surface area contributed by atoms with Crippen molar-refractivity contribution in [3.05, 3.63) is 36.5 Å². The van der Waals surface area contributed by atoms with Gasteiger partial charge in [-0.3, -0.25) is 18.6 Å². The number of phosphoric acid groups is 1. The number of hydrogen-bond donors (Lipinski definition) is 1. The van der Waals surface area contributed by atoms with Crippen molar-refractivity contribution in [3.63, 3.8) is 0 Å². The molecule has 0 aromatic rings. The Balaban J connectivity index is 4.37. The predicted octanol–water partition coefficient (Wildman–Crippen LogP) is 12.9. The summed E-state index contributed by atoms with van der Waals surface area (Å²) in [6, 6.07) is 0. The summed E-state index contributed by atoms with van der Waals surface area (Å²) in [4.78, 5) is 35.4. The van der Waals surface area contributed by atoms with Crippen LogP contribution in [0, 0.1) is 0 Å². The molecule has 0 radical (unpaired) electrons. The first-order valence-electron chi connectivity index (χ1n) is 22.7. The number of allylic oxidation sites excluding steroid dienone is 6. The van der Waals surface area contributed by atoms with Crippen molar-refractivity contribution in [3.8, 4) is 0 Å². The van der Waals surface area contributed by atoms with E-state index in [1.54, 1.807) is 0 Å². The normalized spacial score (nSPS) is 13.9. The third-order valence-corrected chi connectivity index (χ3v) is 10.6. The van der Waals surface area contributed by atoms with Gasteiger partial charge >= 0.3 is 19.8 Å². The van der Waals surface area contributed by atoms with Crippen LogP contribution in [0.3, 0.4) is 0 Å². The highest BCUT2D eigenvalue weighted by molar-refractivity contribution is 7.47. The molecule has 9 nitrogen and oxygen atoms in total. The first kappa shape index (κ1) is 54.2. The van der Waals surface area contributed by atoms with E-state index in [9.17, 15) is 19.0 Å². The molecule has 0 bridgehead atoms. The van der Waals surface area contributed by atoms with E-state index < -0.39 is 26.5 Å². The van der Waals surface area contributed by atoms with E-state index in [0.29, 0.717) is 17.4 Å². The number of esters is 2. The molecule has 10 heteroatoms. The van der Waals surface area contributed by atoms with Gasteiger partial charge in [0.25, 0.3) is 0 Å². The molecule has 0 aliphatic heterocycles. The zero-order valence-corrected chi connectivity index (χ0v) is 37.8. The topological polar surface area (TPSA) is 108 Å². The highest BCUT2D eigenvalue weighted by Crippen LogP contribution is 2.43. The maximum absolute atomic E-state index is 12.7. The van der Waals surface area contributed by atoms with Crippen molar-refractivity contribution < 1.29 is 42.1 Å². The number of ether oxygens (including phenoxy) is 2. The zero-order valence-electron chi connectivity index (χ0n) is 36.9. The summed E-state index contributed by atoms with van der Waals surface area (Å²) in [5.74, 6) is -0.815. The van der Waals surface area contributed by atoms with Crippen LogP contribution in [0.15, 0.2) is 36.5 Å². The lowest BCUT2D eigenvalue weighted by Crippen LogP contribution is -2.37. The van der Waals surface area contributed by atoms with Crippen molar-refractivity contribution in [2.24, 2.45) is 0 Å². The van der Waals surface area contributed by atoms with E-state index in [1.807, 2.05) is 21.1 Å². The number of hydrogen-bond acceptors (Lipinski definition) is 7. The highest BCUT2D eigenvalue weighted by atomic mass is 31.2. The van der Waals surface area contributed by atoms with Crippen LogP contribution in [-0.4, -0.2) is 74.9 Å². The third kappa shape index (κ3) is 41.9. The maximum Gasteiger partial charge on any atom is 0.472 e. The summed E-state index contributed by atoms with van der Waals surface area (Å²) in [6.07, 6.45) is 43.2. The molecule has 0 saturated heterocycles. The molecule has 0 saturated carbocycles. The van der Waals surface area contributed by atoms with Gasteiger partial charge in [0.05, 0.1) is 27.7 Å². The molecule has 0 aromatic carbocycles. The van der Waals surface area contributed by atoms with E-state index in [4.69, 9.17) is 18.5 Å². The zero-order chi connectivity index (χ0) is 41.4. The maximum atomic E-state index is 12.7. The first-order chi connectivity index (χ1) is 27.0. The number of likely N-dealkylation sites (N-methyl/N-ethyl adjacent to an activating group) is 1. The lowest BCUT2D eigenvalue weighted by molar-refractivity contribution is -0.870. The molecule has 2 unspecified atom stereocenters. The molecular weight excluding hydrogens is 725 g/mol. The fraction of sp³-hybridized carbons (Fsp3) is 0.826. The average Bonchev–Trinajstić information content (AvgIpc) is 3.15. The number of rotatable bonds is 41. The van der Waals surface area contributed by atoms with Crippen LogP contribution in [0.1, 0.15) is 194 Å². The Labute approximate surface area is 344 Å². The molecule has 1 N–H and O–H groups in total. The fourth-order valence-corrected chi connectivity index (χ4v) is 6.78. The number of nitrogens with zero attached hydrogens (tertiary/aromatic N) is 1. The van der Waals surface area contributed by atoms with Crippen LogP contribution in [0.4, 0.5) is 0 Å². The van der Waals surface area contributed by atoms with Crippen molar-refractivity contribution in [2.45, 2.75) is 200 Å². The quantitative estimate of drug-likeness (QED) is 0.0214.